The van der Waals surface area contributed by atoms with Crippen molar-refractivity contribution in [3.63, 3.8) is 0 Å². The van der Waals surface area contributed by atoms with E-state index < -0.39 is 13.0 Å². The van der Waals surface area contributed by atoms with Crippen LogP contribution in [-0.4, -0.2) is 32.2 Å². The molecule has 1 atom stereocenters. The van der Waals surface area contributed by atoms with E-state index in [1.165, 1.54) is 0 Å². The SMILES string of the molecule is CC(C)C(C)NCCOCC(F)F. The predicted molar refractivity (Wildman–Crippen MR) is 49.1 cm³/mol. The van der Waals surface area contributed by atoms with Crippen LogP contribution in [0.25, 0.3) is 0 Å². The maximum atomic E-state index is 11.6. The Morgan fingerprint density at radius 3 is 2.31 bits per heavy atom. The Balaban J connectivity index is 3.16. The van der Waals surface area contributed by atoms with E-state index in [9.17, 15) is 8.78 Å². The Hall–Kier alpha value is -0.220. The van der Waals surface area contributed by atoms with E-state index in [0.717, 1.165) is 0 Å². The first-order chi connectivity index (χ1) is 6.04. The lowest BCUT2D eigenvalue weighted by atomic mass is 10.1. The molecular weight excluding hydrogens is 176 g/mol. The fraction of sp³-hybridized carbons (Fsp3) is 1.00. The summed E-state index contributed by atoms with van der Waals surface area (Å²) in [6, 6.07) is 0.398. The molecule has 80 valence electrons. The smallest absolute Gasteiger partial charge is 0.261 e. The maximum absolute atomic E-state index is 11.6. The molecule has 0 heterocycles. The Morgan fingerprint density at radius 1 is 1.23 bits per heavy atom. The van der Waals surface area contributed by atoms with Crippen molar-refractivity contribution in [1.29, 1.82) is 0 Å². The van der Waals surface area contributed by atoms with Gasteiger partial charge in [0.2, 0.25) is 0 Å². The van der Waals surface area contributed by atoms with E-state index >= 15 is 0 Å². The van der Waals surface area contributed by atoms with Gasteiger partial charge in [0, 0.05) is 12.6 Å². The zero-order valence-corrected chi connectivity index (χ0v) is 8.52. The highest BCUT2D eigenvalue weighted by Gasteiger charge is 2.05. The molecule has 0 saturated heterocycles. The number of rotatable bonds is 7. The Kier molecular flexibility index (Phi) is 7.09. The van der Waals surface area contributed by atoms with Crippen LogP contribution in [0.3, 0.4) is 0 Å². The summed E-state index contributed by atoms with van der Waals surface area (Å²) < 4.78 is 27.9. The highest BCUT2D eigenvalue weighted by Crippen LogP contribution is 1.98. The van der Waals surface area contributed by atoms with Crippen molar-refractivity contribution in [3.8, 4) is 0 Å². The Labute approximate surface area is 78.7 Å². The van der Waals surface area contributed by atoms with Crippen LogP contribution in [0, 0.1) is 5.92 Å². The van der Waals surface area contributed by atoms with Gasteiger partial charge in [0.1, 0.15) is 6.61 Å². The highest BCUT2D eigenvalue weighted by atomic mass is 19.3. The lowest BCUT2D eigenvalue weighted by Gasteiger charge is -2.17. The monoisotopic (exact) mass is 195 g/mol. The average Bonchev–Trinajstić information content (AvgIpc) is 2.02. The molecule has 0 aliphatic carbocycles. The molecule has 4 heteroatoms. The first-order valence-electron chi connectivity index (χ1n) is 4.63. The van der Waals surface area contributed by atoms with Gasteiger partial charge in [-0.2, -0.15) is 0 Å². The third kappa shape index (κ3) is 8.12. The minimum absolute atomic E-state index is 0.349. The Morgan fingerprint density at radius 2 is 1.85 bits per heavy atom. The summed E-state index contributed by atoms with van der Waals surface area (Å²) >= 11 is 0. The molecule has 0 aromatic rings. The molecule has 1 unspecified atom stereocenters. The largest absolute Gasteiger partial charge is 0.374 e. The van der Waals surface area contributed by atoms with Crippen LogP contribution in [0.2, 0.25) is 0 Å². The molecule has 0 aromatic carbocycles. The van der Waals surface area contributed by atoms with Crippen molar-refractivity contribution >= 4 is 0 Å². The number of hydrogen-bond donors (Lipinski definition) is 1. The van der Waals surface area contributed by atoms with Gasteiger partial charge in [-0.15, -0.1) is 0 Å². The zero-order chi connectivity index (χ0) is 10.3. The molecule has 0 fully saturated rings. The van der Waals surface area contributed by atoms with E-state index in [4.69, 9.17) is 4.74 Å². The normalized spacial score (nSPS) is 14.1. The van der Waals surface area contributed by atoms with E-state index in [2.05, 4.69) is 26.1 Å². The fourth-order valence-electron chi connectivity index (χ4n) is 0.767. The maximum Gasteiger partial charge on any atom is 0.261 e. The summed E-state index contributed by atoms with van der Waals surface area (Å²) in [5.41, 5.74) is 0. The van der Waals surface area contributed by atoms with Crippen LogP contribution in [0.4, 0.5) is 8.78 Å². The summed E-state index contributed by atoms with van der Waals surface area (Å²) in [5.74, 6) is 0.551. The number of halogens is 2. The van der Waals surface area contributed by atoms with Crippen LogP contribution in [-0.2, 0) is 4.74 Å². The molecule has 0 saturated carbocycles. The summed E-state index contributed by atoms with van der Waals surface area (Å²) in [5, 5.41) is 3.19. The van der Waals surface area contributed by atoms with Crippen molar-refractivity contribution in [2.75, 3.05) is 19.8 Å². The molecule has 2 nitrogen and oxygen atoms in total. The van der Waals surface area contributed by atoms with Crippen LogP contribution in [0.15, 0.2) is 0 Å². The first-order valence-corrected chi connectivity index (χ1v) is 4.63. The van der Waals surface area contributed by atoms with E-state index in [-0.39, 0.29) is 0 Å². The standard InChI is InChI=1S/C9H19F2NO/c1-7(2)8(3)12-4-5-13-6-9(10)11/h7-9,12H,4-6H2,1-3H3. The second-order valence-corrected chi connectivity index (χ2v) is 3.45. The van der Waals surface area contributed by atoms with Gasteiger partial charge >= 0.3 is 0 Å². The molecule has 0 spiro atoms. The van der Waals surface area contributed by atoms with Crippen molar-refractivity contribution in [3.05, 3.63) is 0 Å². The molecule has 0 bridgehead atoms. The topological polar surface area (TPSA) is 21.3 Å². The number of ether oxygens (including phenoxy) is 1. The predicted octanol–water partition coefficient (Wildman–Crippen LogP) is 1.90. The Bertz CT molecular complexity index is 120. The van der Waals surface area contributed by atoms with E-state index in [1.54, 1.807) is 0 Å². The van der Waals surface area contributed by atoms with Crippen LogP contribution in [0.5, 0.6) is 0 Å². The van der Waals surface area contributed by atoms with Crippen LogP contribution in [0.1, 0.15) is 20.8 Å². The molecule has 0 aliphatic rings. The van der Waals surface area contributed by atoms with Crippen molar-refractivity contribution < 1.29 is 13.5 Å². The van der Waals surface area contributed by atoms with Gasteiger partial charge in [0.25, 0.3) is 6.43 Å². The lowest BCUT2D eigenvalue weighted by Crippen LogP contribution is -2.33. The molecule has 0 aromatic heterocycles. The minimum atomic E-state index is -2.36. The first kappa shape index (κ1) is 12.8. The lowest BCUT2D eigenvalue weighted by molar-refractivity contribution is 0.0180. The fourth-order valence-corrected chi connectivity index (χ4v) is 0.767. The number of hydrogen-bond acceptors (Lipinski definition) is 2. The number of alkyl halides is 2. The minimum Gasteiger partial charge on any atom is -0.374 e. The average molecular weight is 195 g/mol. The van der Waals surface area contributed by atoms with Gasteiger partial charge in [-0.25, -0.2) is 8.78 Å². The van der Waals surface area contributed by atoms with Gasteiger partial charge in [-0.3, -0.25) is 0 Å². The summed E-state index contributed by atoms with van der Waals surface area (Å²) in [6.07, 6.45) is -2.36. The van der Waals surface area contributed by atoms with Gasteiger partial charge in [-0.05, 0) is 12.8 Å². The highest BCUT2D eigenvalue weighted by molar-refractivity contribution is 4.63. The van der Waals surface area contributed by atoms with Gasteiger partial charge in [-0.1, -0.05) is 13.8 Å². The molecular formula is C9H19F2NO. The quantitative estimate of drug-likeness (QED) is 0.626. The van der Waals surface area contributed by atoms with E-state index in [0.29, 0.717) is 25.1 Å². The third-order valence-corrected chi connectivity index (χ3v) is 1.96. The molecule has 0 rings (SSSR count). The van der Waals surface area contributed by atoms with E-state index in [1.807, 2.05) is 0 Å². The van der Waals surface area contributed by atoms with Crippen LogP contribution < -0.4 is 5.32 Å². The van der Waals surface area contributed by atoms with Gasteiger partial charge < -0.3 is 10.1 Å². The van der Waals surface area contributed by atoms with Crippen molar-refractivity contribution in [2.45, 2.75) is 33.2 Å². The summed E-state index contributed by atoms with van der Waals surface area (Å²) in [7, 11) is 0. The molecule has 0 radical (unpaired) electrons. The summed E-state index contributed by atoms with van der Waals surface area (Å²) in [4.78, 5) is 0. The molecule has 13 heavy (non-hydrogen) atoms. The van der Waals surface area contributed by atoms with Gasteiger partial charge in [0.05, 0.1) is 6.61 Å². The van der Waals surface area contributed by atoms with Gasteiger partial charge in [0.15, 0.2) is 0 Å². The van der Waals surface area contributed by atoms with Crippen molar-refractivity contribution in [1.82, 2.24) is 5.32 Å². The molecule has 1 N–H and O–H groups in total. The second-order valence-electron chi connectivity index (χ2n) is 3.45. The molecule has 0 amide bonds. The third-order valence-electron chi connectivity index (χ3n) is 1.96. The summed E-state index contributed by atoms with van der Waals surface area (Å²) in [6.45, 7) is 6.80. The molecule has 0 aliphatic heterocycles. The second kappa shape index (κ2) is 7.21. The van der Waals surface area contributed by atoms with Crippen molar-refractivity contribution in [2.24, 2.45) is 5.92 Å². The number of nitrogens with one attached hydrogen (secondary N) is 1. The van der Waals surface area contributed by atoms with Crippen LogP contribution >= 0.6 is 0 Å². The zero-order valence-electron chi connectivity index (χ0n) is 8.52.